The van der Waals surface area contributed by atoms with Gasteiger partial charge in [0.25, 0.3) is 5.56 Å². The molecule has 1 aromatic carbocycles. The minimum atomic E-state index is -0.408. The zero-order valence-corrected chi connectivity index (χ0v) is 14.9. The zero-order valence-electron chi connectivity index (χ0n) is 14.1. The molecule has 26 heavy (non-hydrogen) atoms. The molecular weight excluding hydrogens is 355 g/mol. The van der Waals surface area contributed by atoms with Crippen LogP contribution in [0.3, 0.4) is 0 Å². The highest BCUT2D eigenvalue weighted by Gasteiger charge is 2.16. The molecule has 5 nitrogen and oxygen atoms in total. The molecule has 2 heterocycles. The molecule has 0 radical (unpaired) electrons. The Morgan fingerprint density at radius 1 is 1.27 bits per heavy atom. The standard InChI is InChI=1S/C19H17FN2O3S/c1-12-18(16(24)4-2-3-13-5-7-14(20)8-6-13)26-19(21-12)22-10-9-15(23)11-17(22)25/h5-11,23H,2-4H2,1H3. The molecule has 0 saturated heterocycles. The molecule has 7 heteroatoms. The summed E-state index contributed by atoms with van der Waals surface area (Å²) in [5.41, 5.74) is 1.15. The number of carbonyl (C=O) groups excluding carboxylic acids is 1. The van der Waals surface area contributed by atoms with Gasteiger partial charge < -0.3 is 5.11 Å². The van der Waals surface area contributed by atoms with E-state index in [0.717, 1.165) is 23.0 Å². The van der Waals surface area contributed by atoms with Crippen LogP contribution in [0.5, 0.6) is 5.75 Å². The number of thiazole rings is 1. The average Bonchev–Trinajstić information content (AvgIpc) is 2.98. The molecule has 2 aromatic heterocycles. The van der Waals surface area contributed by atoms with Crippen LogP contribution in [0.4, 0.5) is 4.39 Å². The second-order valence-electron chi connectivity index (χ2n) is 5.91. The van der Waals surface area contributed by atoms with E-state index in [1.165, 1.54) is 29.0 Å². The third-order valence-electron chi connectivity index (χ3n) is 3.93. The van der Waals surface area contributed by atoms with Crippen LogP contribution in [-0.4, -0.2) is 20.4 Å². The summed E-state index contributed by atoms with van der Waals surface area (Å²) < 4.78 is 14.2. The maximum atomic E-state index is 12.9. The second-order valence-corrected chi connectivity index (χ2v) is 6.88. The van der Waals surface area contributed by atoms with Gasteiger partial charge in [-0.2, -0.15) is 0 Å². The van der Waals surface area contributed by atoms with Gasteiger partial charge in [0.1, 0.15) is 11.6 Å². The lowest BCUT2D eigenvalue weighted by molar-refractivity contribution is 0.0983. The molecule has 3 aromatic rings. The summed E-state index contributed by atoms with van der Waals surface area (Å²) in [6.07, 6.45) is 3.12. The number of aryl methyl sites for hydroxylation is 2. The first-order chi connectivity index (χ1) is 12.4. The van der Waals surface area contributed by atoms with Crippen LogP contribution in [0.15, 0.2) is 47.4 Å². The zero-order chi connectivity index (χ0) is 18.7. The number of carbonyl (C=O) groups is 1. The lowest BCUT2D eigenvalue weighted by Crippen LogP contribution is -2.15. The third-order valence-corrected chi connectivity index (χ3v) is 5.13. The molecule has 0 atom stereocenters. The Kier molecular flexibility index (Phi) is 5.27. The number of nitrogens with zero attached hydrogens (tertiary/aromatic N) is 2. The molecule has 0 saturated carbocycles. The number of hydrogen-bond donors (Lipinski definition) is 1. The van der Waals surface area contributed by atoms with Crippen LogP contribution in [0.25, 0.3) is 5.13 Å². The van der Waals surface area contributed by atoms with Crippen LogP contribution >= 0.6 is 11.3 Å². The van der Waals surface area contributed by atoms with E-state index >= 15 is 0 Å². The topological polar surface area (TPSA) is 72.2 Å². The van der Waals surface area contributed by atoms with Crippen molar-refractivity contribution in [3.05, 3.63) is 74.9 Å². The van der Waals surface area contributed by atoms with Crippen molar-refractivity contribution >= 4 is 17.1 Å². The van der Waals surface area contributed by atoms with Crippen molar-refractivity contribution in [1.29, 1.82) is 0 Å². The lowest BCUT2D eigenvalue weighted by Gasteiger charge is -2.01. The van der Waals surface area contributed by atoms with Crippen LogP contribution in [0.2, 0.25) is 0 Å². The van der Waals surface area contributed by atoms with Crippen LogP contribution in [0.1, 0.15) is 33.8 Å². The largest absolute Gasteiger partial charge is 0.508 e. The Morgan fingerprint density at radius 2 is 2.00 bits per heavy atom. The molecule has 0 amide bonds. The Balaban J connectivity index is 1.69. The maximum absolute atomic E-state index is 12.9. The van der Waals surface area contributed by atoms with Crippen LogP contribution < -0.4 is 5.56 Å². The SMILES string of the molecule is Cc1nc(-n2ccc(O)cc2=O)sc1C(=O)CCCc1ccc(F)cc1. The summed E-state index contributed by atoms with van der Waals surface area (Å²) >= 11 is 1.16. The molecule has 3 rings (SSSR count). The smallest absolute Gasteiger partial charge is 0.260 e. The highest BCUT2D eigenvalue weighted by atomic mass is 32.1. The van der Waals surface area contributed by atoms with E-state index in [-0.39, 0.29) is 17.3 Å². The first-order valence-electron chi connectivity index (χ1n) is 8.11. The number of Topliss-reactive ketones (excluding diaryl/α,β-unsaturated/α-hetero) is 1. The van der Waals surface area contributed by atoms with Gasteiger partial charge in [0.05, 0.1) is 10.6 Å². The van der Waals surface area contributed by atoms with Gasteiger partial charge in [-0.25, -0.2) is 9.37 Å². The predicted octanol–water partition coefficient (Wildman–Crippen LogP) is 3.65. The molecule has 134 valence electrons. The van der Waals surface area contributed by atoms with E-state index in [9.17, 15) is 19.1 Å². The quantitative estimate of drug-likeness (QED) is 0.671. The predicted molar refractivity (Wildman–Crippen MR) is 97.8 cm³/mol. The highest BCUT2D eigenvalue weighted by Crippen LogP contribution is 2.23. The van der Waals surface area contributed by atoms with Crippen molar-refractivity contribution in [3.63, 3.8) is 0 Å². The number of benzene rings is 1. The number of ketones is 1. The van der Waals surface area contributed by atoms with Crippen molar-refractivity contribution in [2.75, 3.05) is 0 Å². The van der Waals surface area contributed by atoms with Gasteiger partial charge in [-0.3, -0.25) is 14.2 Å². The first-order valence-corrected chi connectivity index (χ1v) is 8.93. The van der Waals surface area contributed by atoms with Crippen molar-refractivity contribution in [1.82, 2.24) is 9.55 Å². The fourth-order valence-corrected chi connectivity index (χ4v) is 3.61. The molecule has 0 aliphatic heterocycles. The number of pyridine rings is 1. The van der Waals surface area contributed by atoms with Crippen molar-refractivity contribution < 1.29 is 14.3 Å². The van der Waals surface area contributed by atoms with Gasteiger partial charge in [0.2, 0.25) is 0 Å². The summed E-state index contributed by atoms with van der Waals surface area (Å²) in [6, 6.07) is 8.74. The van der Waals surface area contributed by atoms with E-state index < -0.39 is 5.56 Å². The Labute approximate surface area is 153 Å². The van der Waals surface area contributed by atoms with E-state index in [4.69, 9.17) is 0 Å². The fourth-order valence-electron chi connectivity index (χ4n) is 2.59. The molecule has 0 fully saturated rings. The molecule has 1 N–H and O–H groups in total. The van der Waals surface area contributed by atoms with Gasteiger partial charge in [0.15, 0.2) is 10.9 Å². The molecule has 0 unspecified atom stereocenters. The van der Waals surface area contributed by atoms with Crippen molar-refractivity contribution in [2.24, 2.45) is 0 Å². The van der Waals surface area contributed by atoms with Gasteiger partial charge in [-0.15, -0.1) is 0 Å². The summed E-state index contributed by atoms with van der Waals surface area (Å²) in [4.78, 5) is 29.3. The first kappa shape index (κ1) is 18.0. The van der Waals surface area contributed by atoms with Gasteiger partial charge >= 0.3 is 0 Å². The monoisotopic (exact) mass is 372 g/mol. The molecule has 0 spiro atoms. The van der Waals surface area contributed by atoms with E-state index in [1.807, 2.05) is 0 Å². The van der Waals surface area contributed by atoms with Gasteiger partial charge in [0, 0.05) is 18.7 Å². The van der Waals surface area contributed by atoms with Crippen LogP contribution in [0, 0.1) is 12.7 Å². The van der Waals surface area contributed by atoms with Gasteiger partial charge in [-0.1, -0.05) is 23.5 Å². The fraction of sp³-hybridized carbons (Fsp3) is 0.211. The molecule has 0 bridgehead atoms. The van der Waals surface area contributed by atoms with E-state index in [0.29, 0.717) is 35.0 Å². The molecule has 0 aliphatic carbocycles. The highest BCUT2D eigenvalue weighted by molar-refractivity contribution is 7.16. The number of halogens is 1. The Morgan fingerprint density at radius 3 is 2.69 bits per heavy atom. The Bertz CT molecular complexity index is 993. The third kappa shape index (κ3) is 4.05. The van der Waals surface area contributed by atoms with Gasteiger partial charge in [-0.05, 0) is 43.5 Å². The average molecular weight is 372 g/mol. The number of hydrogen-bond acceptors (Lipinski definition) is 5. The van der Waals surface area contributed by atoms with Crippen molar-refractivity contribution in [2.45, 2.75) is 26.2 Å². The van der Waals surface area contributed by atoms with Crippen LogP contribution in [-0.2, 0) is 6.42 Å². The van der Waals surface area contributed by atoms with E-state index in [2.05, 4.69) is 4.98 Å². The normalized spacial score (nSPS) is 10.8. The number of aromatic hydroxyl groups is 1. The maximum Gasteiger partial charge on any atom is 0.260 e. The van der Waals surface area contributed by atoms with E-state index in [1.54, 1.807) is 19.1 Å². The lowest BCUT2D eigenvalue weighted by atomic mass is 10.1. The summed E-state index contributed by atoms with van der Waals surface area (Å²) in [7, 11) is 0. The minimum Gasteiger partial charge on any atom is -0.508 e. The van der Waals surface area contributed by atoms with Crippen molar-refractivity contribution in [3.8, 4) is 10.9 Å². The summed E-state index contributed by atoms with van der Waals surface area (Å²) in [6.45, 7) is 1.73. The number of rotatable bonds is 6. The minimum absolute atomic E-state index is 0.0276. The second kappa shape index (κ2) is 7.61. The molecule has 0 aliphatic rings. The number of aromatic nitrogens is 2. The Hall–Kier alpha value is -2.80. The molecular formula is C19H17FN2O3S. The summed E-state index contributed by atoms with van der Waals surface area (Å²) in [5, 5.41) is 9.73. The summed E-state index contributed by atoms with van der Waals surface area (Å²) in [5.74, 6) is -0.418.